The van der Waals surface area contributed by atoms with E-state index in [1.165, 1.54) is 0 Å². The number of likely N-dealkylation sites (tertiary alicyclic amines) is 1. The molecule has 1 saturated heterocycles. The van der Waals surface area contributed by atoms with Gasteiger partial charge in [-0.2, -0.15) is 0 Å². The smallest absolute Gasteiger partial charge is 0.321 e. The number of piperidine rings is 1. The molecule has 0 aromatic rings. The molecular weight excluding hydrogens is 206 g/mol. The molecule has 3 unspecified atom stereocenters. The molecule has 1 heterocycles. The summed E-state index contributed by atoms with van der Waals surface area (Å²) >= 11 is 0. The molecule has 1 rings (SSSR count). The zero-order chi connectivity index (χ0) is 12.5. The van der Waals surface area contributed by atoms with Gasteiger partial charge in [0.25, 0.3) is 0 Å². The molecule has 1 aliphatic rings. The first-order chi connectivity index (χ1) is 7.27. The Kier molecular flexibility index (Phi) is 3.97. The topological polar surface area (TPSA) is 60.8 Å². The summed E-state index contributed by atoms with van der Waals surface area (Å²) in [6, 6.07) is -0.605. The van der Waals surface area contributed by atoms with Crippen molar-refractivity contribution < 1.29 is 15.0 Å². The van der Waals surface area contributed by atoms with Crippen LogP contribution in [-0.2, 0) is 4.79 Å². The molecule has 4 heteroatoms. The molecule has 0 aromatic carbocycles. The summed E-state index contributed by atoms with van der Waals surface area (Å²) in [6.07, 6.45) is 1.41. The van der Waals surface area contributed by atoms with Gasteiger partial charge in [-0.15, -0.1) is 0 Å². The van der Waals surface area contributed by atoms with E-state index in [2.05, 4.69) is 0 Å². The van der Waals surface area contributed by atoms with Crippen molar-refractivity contribution in [3.63, 3.8) is 0 Å². The Hall–Kier alpha value is -0.610. The molecule has 0 aliphatic carbocycles. The fourth-order valence-corrected chi connectivity index (χ4v) is 2.62. The van der Waals surface area contributed by atoms with E-state index in [9.17, 15) is 15.0 Å². The van der Waals surface area contributed by atoms with E-state index in [-0.39, 0.29) is 11.5 Å². The Balaban J connectivity index is 2.93. The van der Waals surface area contributed by atoms with E-state index in [1.54, 1.807) is 6.92 Å². The second kappa shape index (κ2) is 4.72. The third-order valence-electron chi connectivity index (χ3n) is 3.76. The summed E-state index contributed by atoms with van der Waals surface area (Å²) in [5.74, 6) is -0.780. The lowest BCUT2D eigenvalue weighted by molar-refractivity contribution is -0.154. The lowest BCUT2D eigenvalue weighted by atomic mass is 9.75. The van der Waals surface area contributed by atoms with Crippen molar-refractivity contribution in [3.8, 4) is 0 Å². The van der Waals surface area contributed by atoms with Crippen molar-refractivity contribution in [2.75, 3.05) is 6.54 Å². The van der Waals surface area contributed by atoms with Crippen LogP contribution in [0.5, 0.6) is 0 Å². The van der Waals surface area contributed by atoms with E-state index in [4.69, 9.17) is 0 Å². The van der Waals surface area contributed by atoms with Crippen molar-refractivity contribution in [1.82, 2.24) is 4.90 Å². The zero-order valence-electron chi connectivity index (χ0n) is 10.6. The van der Waals surface area contributed by atoms with Gasteiger partial charge in [-0.05, 0) is 38.6 Å². The average molecular weight is 229 g/mol. The molecule has 1 fully saturated rings. The van der Waals surface area contributed by atoms with Gasteiger partial charge in [0.1, 0.15) is 6.04 Å². The SMILES string of the molecule is CC(O)C(C)N1CCCC(C)(C)C1C(=O)O. The van der Waals surface area contributed by atoms with Crippen molar-refractivity contribution in [2.45, 2.75) is 58.7 Å². The van der Waals surface area contributed by atoms with Crippen LogP contribution in [0.2, 0.25) is 0 Å². The Morgan fingerprint density at radius 1 is 1.44 bits per heavy atom. The Bertz CT molecular complexity index is 263. The van der Waals surface area contributed by atoms with Gasteiger partial charge in [0.05, 0.1) is 6.10 Å². The number of carboxylic acids is 1. The highest BCUT2D eigenvalue weighted by molar-refractivity contribution is 5.74. The summed E-state index contributed by atoms with van der Waals surface area (Å²) in [7, 11) is 0. The number of carbonyl (C=O) groups is 1. The number of hydrogen-bond donors (Lipinski definition) is 2. The van der Waals surface area contributed by atoms with Crippen molar-refractivity contribution >= 4 is 5.97 Å². The first kappa shape index (κ1) is 13.5. The first-order valence-electron chi connectivity index (χ1n) is 5.94. The first-order valence-corrected chi connectivity index (χ1v) is 5.94. The van der Waals surface area contributed by atoms with Crippen LogP contribution in [-0.4, -0.2) is 45.8 Å². The fourth-order valence-electron chi connectivity index (χ4n) is 2.62. The van der Waals surface area contributed by atoms with Crippen LogP contribution in [0.1, 0.15) is 40.5 Å². The third kappa shape index (κ3) is 2.55. The van der Waals surface area contributed by atoms with E-state index < -0.39 is 18.1 Å². The highest BCUT2D eigenvalue weighted by atomic mass is 16.4. The molecule has 0 saturated carbocycles. The van der Waals surface area contributed by atoms with Crippen LogP contribution in [0.4, 0.5) is 0 Å². The molecule has 1 aliphatic heterocycles. The predicted molar refractivity (Wildman–Crippen MR) is 62.3 cm³/mol. The number of nitrogens with zero attached hydrogens (tertiary/aromatic N) is 1. The molecule has 0 aromatic heterocycles. The lowest BCUT2D eigenvalue weighted by Gasteiger charge is -2.47. The van der Waals surface area contributed by atoms with Crippen molar-refractivity contribution in [1.29, 1.82) is 0 Å². The monoisotopic (exact) mass is 229 g/mol. The van der Waals surface area contributed by atoms with Crippen LogP contribution in [0, 0.1) is 5.41 Å². The van der Waals surface area contributed by atoms with E-state index in [0.717, 1.165) is 19.4 Å². The normalized spacial score (nSPS) is 29.7. The average Bonchev–Trinajstić information content (AvgIpc) is 2.13. The molecule has 0 bridgehead atoms. The maximum atomic E-state index is 11.4. The number of carboxylic acid groups (broad SMARTS) is 1. The molecule has 0 spiro atoms. The summed E-state index contributed by atoms with van der Waals surface area (Å²) < 4.78 is 0. The molecule has 3 atom stereocenters. The summed E-state index contributed by atoms with van der Waals surface area (Å²) in [5.41, 5.74) is -0.229. The van der Waals surface area contributed by atoms with Gasteiger partial charge in [0.2, 0.25) is 0 Å². The summed E-state index contributed by atoms with van der Waals surface area (Å²) in [4.78, 5) is 13.3. The minimum Gasteiger partial charge on any atom is -0.480 e. The Morgan fingerprint density at radius 3 is 2.44 bits per heavy atom. The molecular formula is C12H23NO3. The number of aliphatic carboxylic acids is 1. The summed E-state index contributed by atoms with van der Waals surface area (Å²) in [6.45, 7) is 8.35. The van der Waals surface area contributed by atoms with Crippen LogP contribution in [0.3, 0.4) is 0 Å². The number of aliphatic hydroxyl groups excluding tert-OH is 1. The quantitative estimate of drug-likeness (QED) is 0.766. The lowest BCUT2D eigenvalue weighted by Crippen LogP contribution is -2.59. The van der Waals surface area contributed by atoms with Crippen LogP contribution in [0.15, 0.2) is 0 Å². The minimum atomic E-state index is -0.780. The maximum absolute atomic E-state index is 11.4. The number of aliphatic hydroxyl groups is 1. The van der Waals surface area contributed by atoms with Gasteiger partial charge in [-0.3, -0.25) is 9.69 Å². The van der Waals surface area contributed by atoms with E-state index in [1.807, 2.05) is 25.7 Å². The fraction of sp³-hybridized carbons (Fsp3) is 0.917. The minimum absolute atomic E-state index is 0.110. The molecule has 2 N–H and O–H groups in total. The predicted octanol–water partition coefficient (Wildman–Crippen LogP) is 1.33. The second-order valence-corrected chi connectivity index (χ2v) is 5.55. The van der Waals surface area contributed by atoms with Crippen LogP contribution >= 0.6 is 0 Å². The van der Waals surface area contributed by atoms with Gasteiger partial charge in [0.15, 0.2) is 0 Å². The van der Waals surface area contributed by atoms with E-state index in [0.29, 0.717) is 0 Å². The summed E-state index contributed by atoms with van der Waals surface area (Å²) in [5, 5.41) is 19.0. The van der Waals surface area contributed by atoms with Gasteiger partial charge in [0, 0.05) is 6.04 Å². The largest absolute Gasteiger partial charge is 0.480 e. The van der Waals surface area contributed by atoms with Crippen molar-refractivity contribution in [2.24, 2.45) is 5.41 Å². The molecule has 0 amide bonds. The third-order valence-corrected chi connectivity index (χ3v) is 3.76. The highest BCUT2D eigenvalue weighted by Gasteiger charge is 2.44. The van der Waals surface area contributed by atoms with Crippen LogP contribution < -0.4 is 0 Å². The Labute approximate surface area is 97.3 Å². The van der Waals surface area contributed by atoms with Gasteiger partial charge >= 0.3 is 5.97 Å². The number of hydrogen-bond acceptors (Lipinski definition) is 3. The van der Waals surface area contributed by atoms with E-state index >= 15 is 0 Å². The molecule has 4 nitrogen and oxygen atoms in total. The molecule has 0 radical (unpaired) electrons. The maximum Gasteiger partial charge on any atom is 0.321 e. The highest BCUT2D eigenvalue weighted by Crippen LogP contribution is 2.36. The molecule has 16 heavy (non-hydrogen) atoms. The standard InChI is InChI=1S/C12H23NO3/c1-8(9(2)14)13-7-5-6-12(3,4)10(13)11(15)16/h8-10,14H,5-7H2,1-4H3,(H,15,16). The second-order valence-electron chi connectivity index (χ2n) is 5.55. The van der Waals surface area contributed by atoms with Crippen molar-refractivity contribution in [3.05, 3.63) is 0 Å². The van der Waals surface area contributed by atoms with Gasteiger partial charge in [-0.25, -0.2) is 0 Å². The molecule has 94 valence electrons. The number of rotatable bonds is 3. The van der Waals surface area contributed by atoms with Gasteiger partial charge < -0.3 is 10.2 Å². The van der Waals surface area contributed by atoms with Gasteiger partial charge in [-0.1, -0.05) is 13.8 Å². The zero-order valence-corrected chi connectivity index (χ0v) is 10.6. The Morgan fingerprint density at radius 2 is 2.00 bits per heavy atom. The van der Waals surface area contributed by atoms with Crippen LogP contribution in [0.25, 0.3) is 0 Å².